The lowest BCUT2D eigenvalue weighted by molar-refractivity contribution is 0.283. The summed E-state index contributed by atoms with van der Waals surface area (Å²) in [5, 5.41) is 3.38. The number of unbranched alkanes of at least 4 members (excludes halogenated alkanes) is 3. The number of benzene rings is 1. The average molecular weight is 261 g/mol. The van der Waals surface area contributed by atoms with E-state index in [0.29, 0.717) is 6.04 Å². The third kappa shape index (κ3) is 7.68. The van der Waals surface area contributed by atoms with Crippen molar-refractivity contribution < 1.29 is 4.74 Å². The Morgan fingerprint density at radius 3 is 2.63 bits per heavy atom. The molecule has 2 heteroatoms. The molecule has 0 aromatic heterocycles. The number of nitrogens with one attached hydrogen (secondary N) is 1. The summed E-state index contributed by atoms with van der Waals surface area (Å²) in [4.78, 5) is 0. The molecule has 2 nitrogen and oxygen atoms in total. The molecule has 0 saturated heterocycles. The second-order valence-electron chi connectivity index (χ2n) is 4.86. The molecule has 1 unspecified atom stereocenters. The largest absolute Gasteiger partial charge is 0.494 e. The van der Waals surface area contributed by atoms with Crippen LogP contribution in [0.2, 0.25) is 0 Å². The van der Waals surface area contributed by atoms with Crippen molar-refractivity contribution in [1.29, 1.82) is 0 Å². The van der Waals surface area contributed by atoms with E-state index in [1.165, 1.54) is 25.7 Å². The zero-order valence-electron chi connectivity index (χ0n) is 12.1. The molecule has 0 aliphatic rings. The molecule has 0 spiro atoms. The molecule has 0 amide bonds. The van der Waals surface area contributed by atoms with E-state index < -0.39 is 0 Å². The Morgan fingerprint density at radius 1 is 1.16 bits per heavy atom. The molecular weight excluding hydrogens is 234 g/mol. The van der Waals surface area contributed by atoms with E-state index in [9.17, 15) is 0 Å². The predicted octanol–water partition coefficient (Wildman–Crippen LogP) is 4.18. The molecule has 1 N–H and O–H groups in total. The van der Waals surface area contributed by atoms with Gasteiger partial charge in [-0.05, 0) is 44.9 Å². The fourth-order valence-corrected chi connectivity index (χ4v) is 2.12. The quantitative estimate of drug-likeness (QED) is 0.476. The molecule has 0 radical (unpaired) electrons. The lowest BCUT2D eigenvalue weighted by atomic mass is 10.1. The minimum absolute atomic E-state index is 0.562. The van der Waals surface area contributed by atoms with Gasteiger partial charge in [0.05, 0.1) is 6.61 Å². The van der Waals surface area contributed by atoms with Gasteiger partial charge in [-0.2, -0.15) is 0 Å². The molecule has 0 saturated carbocycles. The van der Waals surface area contributed by atoms with E-state index in [1.54, 1.807) is 0 Å². The summed E-state index contributed by atoms with van der Waals surface area (Å²) in [5.74, 6) is 0.961. The number of hydrogen-bond acceptors (Lipinski definition) is 2. The molecular formula is C17H27NO. The van der Waals surface area contributed by atoms with Crippen molar-refractivity contribution in [3.63, 3.8) is 0 Å². The monoisotopic (exact) mass is 261 g/mol. The van der Waals surface area contributed by atoms with Crippen molar-refractivity contribution in [2.75, 3.05) is 13.7 Å². The van der Waals surface area contributed by atoms with Gasteiger partial charge in [0, 0.05) is 6.04 Å². The van der Waals surface area contributed by atoms with Crippen LogP contribution >= 0.6 is 0 Å². The molecule has 1 atom stereocenters. The summed E-state index contributed by atoms with van der Waals surface area (Å²) in [7, 11) is 2.04. The lowest BCUT2D eigenvalue weighted by Crippen LogP contribution is -2.27. The highest BCUT2D eigenvalue weighted by atomic mass is 16.5. The van der Waals surface area contributed by atoms with Gasteiger partial charge in [-0.15, -0.1) is 6.58 Å². The first kappa shape index (κ1) is 15.8. The second-order valence-corrected chi connectivity index (χ2v) is 4.86. The molecule has 0 fully saturated rings. The average Bonchev–Trinajstić information content (AvgIpc) is 2.46. The summed E-state index contributed by atoms with van der Waals surface area (Å²) in [6.45, 7) is 4.53. The molecule has 0 heterocycles. The van der Waals surface area contributed by atoms with Gasteiger partial charge in [-0.1, -0.05) is 37.1 Å². The second kappa shape index (κ2) is 10.6. The van der Waals surface area contributed by atoms with Crippen LogP contribution in [-0.2, 0) is 0 Å². The molecule has 0 bridgehead atoms. The van der Waals surface area contributed by atoms with Crippen LogP contribution in [0.3, 0.4) is 0 Å². The van der Waals surface area contributed by atoms with Crippen LogP contribution in [0.25, 0.3) is 0 Å². The van der Waals surface area contributed by atoms with Crippen LogP contribution in [-0.4, -0.2) is 19.7 Å². The first-order valence-corrected chi connectivity index (χ1v) is 7.33. The fraction of sp³-hybridized carbons (Fsp3) is 0.529. The number of allylic oxidation sites excluding steroid dienone is 1. The molecule has 1 aromatic carbocycles. The third-order valence-electron chi connectivity index (χ3n) is 3.35. The predicted molar refractivity (Wildman–Crippen MR) is 82.7 cm³/mol. The molecule has 19 heavy (non-hydrogen) atoms. The Balaban J connectivity index is 2.09. The summed E-state index contributed by atoms with van der Waals surface area (Å²) >= 11 is 0. The highest BCUT2D eigenvalue weighted by molar-refractivity contribution is 5.20. The molecule has 0 aliphatic carbocycles. The van der Waals surface area contributed by atoms with Crippen LogP contribution in [0, 0.1) is 0 Å². The van der Waals surface area contributed by atoms with Crippen molar-refractivity contribution in [3.8, 4) is 5.75 Å². The Kier molecular flexibility index (Phi) is 8.82. The highest BCUT2D eigenvalue weighted by Gasteiger charge is 2.05. The standard InChI is InChI=1S/C17H27NO/c1-3-4-5-6-8-11-16(18-2)14-15-19-17-12-9-7-10-13-17/h3,7,9-10,12-13,16,18H,1,4-6,8,11,14-15H2,2H3. The van der Waals surface area contributed by atoms with Crippen LogP contribution in [0.1, 0.15) is 38.5 Å². The summed E-state index contributed by atoms with van der Waals surface area (Å²) in [6, 6.07) is 10.6. The zero-order chi connectivity index (χ0) is 13.8. The number of hydrogen-bond donors (Lipinski definition) is 1. The van der Waals surface area contributed by atoms with E-state index >= 15 is 0 Å². The first-order chi connectivity index (χ1) is 9.36. The summed E-state index contributed by atoms with van der Waals surface area (Å²) < 4.78 is 5.73. The maximum atomic E-state index is 5.73. The van der Waals surface area contributed by atoms with E-state index in [2.05, 4.69) is 11.9 Å². The van der Waals surface area contributed by atoms with E-state index in [4.69, 9.17) is 4.74 Å². The van der Waals surface area contributed by atoms with E-state index in [0.717, 1.165) is 25.2 Å². The van der Waals surface area contributed by atoms with Gasteiger partial charge in [0.2, 0.25) is 0 Å². The molecule has 1 aromatic rings. The Hall–Kier alpha value is -1.28. The maximum absolute atomic E-state index is 5.73. The lowest BCUT2D eigenvalue weighted by Gasteiger charge is -2.16. The normalized spacial score (nSPS) is 12.1. The Labute approximate surface area is 117 Å². The van der Waals surface area contributed by atoms with Gasteiger partial charge in [-0.3, -0.25) is 0 Å². The van der Waals surface area contributed by atoms with Gasteiger partial charge in [0.15, 0.2) is 0 Å². The van der Waals surface area contributed by atoms with Gasteiger partial charge in [-0.25, -0.2) is 0 Å². The maximum Gasteiger partial charge on any atom is 0.119 e. The number of ether oxygens (including phenoxy) is 1. The molecule has 1 rings (SSSR count). The van der Waals surface area contributed by atoms with Crippen LogP contribution in [0.15, 0.2) is 43.0 Å². The Morgan fingerprint density at radius 2 is 1.95 bits per heavy atom. The third-order valence-corrected chi connectivity index (χ3v) is 3.35. The minimum Gasteiger partial charge on any atom is -0.494 e. The molecule has 106 valence electrons. The van der Waals surface area contributed by atoms with Crippen LogP contribution in [0.5, 0.6) is 5.75 Å². The first-order valence-electron chi connectivity index (χ1n) is 7.33. The molecule has 0 aliphatic heterocycles. The van der Waals surface area contributed by atoms with E-state index in [-0.39, 0.29) is 0 Å². The summed E-state index contributed by atoms with van der Waals surface area (Å²) in [6.07, 6.45) is 9.28. The highest BCUT2D eigenvalue weighted by Crippen LogP contribution is 2.11. The van der Waals surface area contributed by atoms with Crippen molar-refractivity contribution in [1.82, 2.24) is 5.32 Å². The minimum atomic E-state index is 0.562. The smallest absolute Gasteiger partial charge is 0.119 e. The van der Waals surface area contributed by atoms with Gasteiger partial charge >= 0.3 is 0 Å². The van der Waals surface area contributed by atoms with Crippen molar-refractivity contribution in [3.05, 3.63) is 43.0 Å². The Bertz CT molecular complexity index is 323. The van der Waals surface area contributed by atoms with E-state index in [1.807, 2.05) is 43.5 Å². The SMILES string of the molecule is C=CCCCCCC(CCOc1ccccc1)NC. The van der Waals surface area contributed by atoms with Gasteiger partial charge in [0.1, 0.15) is 5.75 Å². The van der Waals surface area contributed by atoms with Crippen molar-refractivity contribution in [2.24, 2.45) is 0 Å². The van der Waals surface area contributed by atoms with Crippen LogP contribution < -0.4 is 10.1 Å². The number of para-hydroxylation sites is 1. The van der Waals surface area contributed by atoms with Crippen molar-refractivity contribution in [2.45, 2.75) is 44.6 Å². The fourth-order valence-electron chi connectivity index (χ4n) is 2.12. The topological polar surface area (TPSA) is 21.3 Å². The zero-order valence-corrected chi connectivity index (χ0v) is 12.1. The van der Waals surface area contributed by atoms with Crippen molar-refractivity contribution >= 4 is 0 Å². The summed E-state index contributed by atoms with van der Waals surface area (Å²) in [5.41, 5.74) is 0. The van der Waals surface area contributed by atoms with Crippen LogP contribution in [0.4, 0.5) is 0 Å². The van der Waals surface area contributed by atoms with Gasteiger partial charge < -0.3 is 10.1 Å². The van der Waals surface area contributed by atoms with Gasteiger partial charge in [0.25, 0.3) is 0 Å². The number of rotatable bonds is 11.